The molecule has 0 atom stereocenters. The fourth-order valence-corrected chi connectivity index (χ4v) is 3.19. The number of hydrogen-bond acceptors (Lipinski definition) is 6. The highest BCUT2D eigenvalue weighted by atomic mass is 19.3. The molecule has 1 N–H and O–H groups in total. The largest absolute Gasteiger partial charge is 0.496 e. The van der Waals surface area contributed by atoms with Crippen LogP contribution in [0.2, 0.25) is 0 Å². The summed E-state index contributed by atoms with van der Waals surface area (Å²) in [5.74, 6) is -1.19. The molecule has 3 aromatic rings. The number of methoxy groups -OCH3 is 1. The van der Waals surface area contributed by atoms with Crippen LogP contribution in [0.5, 0.6) is 11.5 Å². The maximum absolute atomic E-state index is 13.2. The van der Waals surface area contributed by atoms with Crippen molar-refractivity contribution in [2.45, 2.75) is 52.4 Å². The van der Waals surface area contributed by atoms with Crippen molar-refractivity contribution in [3.63, 3.8) is 0 Å². The monoisotopic (exact) mass is 448 g/mol. The van der Waals surface area contributed by atoms with Crippen LogP contribution < -0.4 is 9.47 Å². The maximum Gasteiger partial charge on any atom is 0.387 e. The molecule has 0 fully saturated rings. The third kappa shape index (κ3) is 4.99. The fourth-order valence-electron chi connectivity index (χ4n) is 3.19. The van der Waals surface area contributed by atoms with E-state index in [1.54, 1.807) is 63.5 Å². The number of carbonyl (C=O) groups is 1. The van der Waals surface area contributed by atoms with Crippen molar-refractivity contribution in [3.8, 4) is 22.8 Å². The van der Waals surface area contributed by atoms with Gasteiger partial charge in [-0.1, -0.05) is 0 Å². The Kier molecular flexibility index (Phi) is 6.15. The highest BCUT2D eigenvalue weighted by Crippen LogP contribution is 2.37. The lowest BCUT2D eigenvalue weighted by atomic mass is 10.00. The first-order chi connectivity index (χ1) is 14.8. The highest BCUT2D eigenvalue weighted by molar-refractivity contribution is 5.97. The number of nitrogens with zero attached hydrogens (tertiary/aromatic N) is 2. The van der Waals surface area contributed by atoms with Crippen LogP contribution in [0.1, 0.15) is 50.5 Å². The molecule has 0 saturated heterocycles. The molecule has 32 heavy (non-hydrogen) atoms. The summed E-state index contributed by atoms with van der Waals surface area (Å²) in [6.07, 6.45) is 3.27. The van der Waals surface area contributed by atoms with Gasteiger partial charge in [0, 0.05) is 11.8 Å². The Morgan fingerprint density at radius 1 is 1.12 bits per heavy atom. The van der Waals surface area contributed by atoms with Crippen molar-refractivity contribution in [3.05, 3.63) is 47.8 Å². The molecule has 1 aromatic carbocycles. The van der Waals surface area contributed by atoms with Gasteiger partial charge in [0.2, 0.25) is 0 Å². The van der Waals surface area contributed by atoms with E-state index in [-0.39, 0.29) is 17.1 Å². The van der Waals surface area contributed by atoms with Crippen LogP contribution in [0, 0.1) is 0 Å². The first-order valence-electron chi connectivity index (χ1n) is 9.90. The topological polar surface area (TPSA) is 82.3 Å². The Hall–Kier alpha value is -3.20. The van der Waals surface area contributed by atoms with Crippen LogP contribution in [0.4, 0.5) is 8.78 Å². The number of imidazole rings is 1. The van der Waals surface area contributed by atoms with Gasteiger partial charge >= 0.3 is 12.6 Å². The second-order valence-corrected chi connectivity index (χ2v) is 8.78. The van der Waals surface area contributed by atoms with E-state index in [2.05, 4.69) is 9.72 Å². The second kappa shape index (κ2) is 8.38. The highest BCUT2D eigenvalue weighted by Gasteiger charge is 2.28. The van der Waals surface area contributed by atoms with Gasteiger partial charge in [0.05, 0.1) is 24.6 Å². The van der Waals surface area contributed by atoms with Gasteiger partial charge in [-0.05, 0) is 64.4 Å². The molecule has 0 aliphatic rings. The van der Waals surface area contributed by atoms with Gasteiger partial charge in [-0.15, -0.1) is 0 Å². The minimum absolute atomic E-state index is 0.0236. The second-order valence-electron chi connectivity index (χ2n) is 8.78. The molecule has 2 aromatic heterocycles. The van der Waals surface area contributed by atoms with Gasteiger partial charge in [-0.25, -0.2) is 9.78 Å². The van der Waals surface area contributed by atoms with Crippen LogP contribution in [-0.4, -0.2) is 39.8 Å². The minimum atomic E-state index is -3.16. The number of hydrogen-bond donors (Lipinski definition) is 1. The number of aromatic nitrogens is 2. The van der Waals surface area contributed by atoms with E-state index in [9.17, 15) is 18.7 Å². The summed E-state index contributed by atoms with van der Waals surface area (Å²) in [5.41, 5.74) is 0.0777. The molecule has 7 nitrogen and oxygen atoms in total. The lowest BCUT2D eigenvalue weighted by Crippen LogP contribution is -2.25. The van der Waals surface area contributed by atoms with Crippen molar-refractivity contribution < 1.29 is 32.9 Å². The number of carbonyl (C=O) groups excluding carboxylic acids is 1. The van der Waals surface area contributed by atoms with E-state index in [1.165, 1.54) is 19.2 Å². The number of fused-ring (bicyclic) bond motifs is 1. The summed E-state index contributed by atoms with van der Waals surface area (Å²) in [7, 11) is 1.32. The average molecular weight is 448 g/mol. The van der Waals surface area contributed by atoms with Gasteiger partial charge < -0.3 is 19.3 Å². The number of rotatable bonds is 6. The van der Waals surface area contributed by atoms with Crippen LogP contribution in [0.25, 0.3) is 16.9 Å². The Morgan fingerprint density at radius 2 is 1.78 bits per heavy atom. The molecule has 0 unspecified atom stereocenters. The molecule has 0 aliphatic carbocycles. The predicted molar refractivity (Wildman–Crippen MR) is 114 cm³/mol. The van der Waals surface area contributed by atoms with E-state index in [4.69, 9.17) is 9.47 Å². The van der Waals surface area contributed by atoms with E-state index in [0.717, 1.165) is 0 Å². The van der Waals surface area contributed by atoms with E-state index < -0.39 is 23.8 Å². The molecule has 2 heterocycles. The summed E-state index contributed by atoms with van der Waals surface area (Å²) in [6.45, 7) is 5.17. The van der Waals surface area contributed by atoms with Gasteiger partial charge in [0.1, 0.15) is 28.3 Å². The third-order valence-corrected chi connectivity index (χ3v) is 4.62. The van der Waals surface area contributed by atoms with Crippen molar-refractivity contribution in [2.75, 3.05) is 7.11 Å². The summed E-state index contributed by atoms with van der Waals surface area (Å²) in [6, 6.07) is 6.32. The summed E-state index contributed by atoms with van der Waals surface area (Å²) >= 11 is 0. The first kappa shape index (κ1) is 23.5. The van der Waals surface area contributed by atoms with Crippen molar-refractivity contribution >= 4 is 11.6 Å². The zero-order valence-electron chi connectivity index (χ0n) is 18.8. The number of pyridine rings is 1. The maximum atomic E-state index is 13.2. The number of benzene rings is 1. The van der Waals surface area contributed by atoms with E-state index >= 15 is 0 Å². The zero-order chi connectivity index (χ0) is 23.8. The zero-order valence-corrected chi connectivity index (χ0v) is 18.8. The molecule has 172 valence electrons. The number of alkyl halides is 2. The van der Waals surface area contributed by atoms with E-state index in [0.29, 0.717) is 22.5 Å². The van der Waals surface area contributed by atoms with E-state index in [1.807, 2.05) is 0 Å². The lowest BCUT2D eigenvalue weighted by molar-refractivity contribution is -0.0509. The van der Waals surface area contributed by atoms with Crippen LogP contribution in [0.3, 0.4) is 0 Å². The Bertz CT molecular complexity index is 1140. The summed E-state index contributed by atoms with van der Waals surface area (Å²) in [5, 5.41) is 10.2. The Labute approximate surface area is 184 Å². The molecule has 9 heteroatoms. The van der Waals surface area contributed by atoms with Gasteiger partial charge in [0.15, 0.2) is 0 Å². The number of ether oxygens (including phenoxy) is 3. The third-order valence-electron chi connectivity index (χ3n) is 4.62. The summed E-state index contributed by atoms with van der Waals surface area (Å²) < 4.78 is 43.4. The predicted octanol–water partition coefficient (Wildman–Crippen LogP) is 4.79. The lowest BCUT2D eigenvalue weighted by Gasteiger charge is -2.22. The smallest absolute Gasteiger partial charge is 0.387 e. The van der Waals surface area contributed by atoms with Gasteiger partial charge in [0.25, 0.3) is 0 Å². The Balaban J connectivity index is 2.17. The molecule has 0 amide bonds. The minimum Gasteiger partial charge on any atom is -0.496 e. The van der Waals surface area contributed by atoms with Crippen molar-refractivity contribution in [2.24, 2.45) is 0 Å². The SMILES string of the molecule is COc1cc(-c2cnc3cc(C(C)(C)O)ccn23)cc(OC(F)F)c1C(=O)OC(C)(C)C. The van der Waals surface area contributed by atoms with Crippen LogP contribution >= 0.6 is 0 Å². The molecular formula is C23H26F2N2O5. The molecule has 0 spiro atoms. The summed E-state index contributed by atoms with van der Waals surface area (Å²) in [4.78, 5) is 17.1. The molecule has 3 rings (SSSR count). The average Bonchev–Trinajstić information content (AvgIpc) is 3.08. The molecule has 0 saturated carbocycles. The van der Waals surface area contributed by atoms with Crippen molar-refractivity contribution in [1.82, 2.24) is 9.38 Å². The van der Waals surface area contributed by atoms with Crippen molar-refractivity contribution in [1.29, 1.82) is 0 Å². The quantitative estimate of drug-likeness (QED) is 0.546. The number of esters is 1. The molecule has 0 aliphatic heterocycles. The van der Waals surface area contributed by atoms with Gasteiger partial charge in [-0.2, -0.15) is 8.78 Å². The Morgan fingerprint density at radius 3 is 2.34 bits per heavy atom. The van der Waals surface area contributed by atoms with Crippen LogP contribution in [0.15, 0.2) is 36.7 Å². The first-order valence-corrected chi connectivity index (χ1v) is 9.90. The number of halogens is 2. The molecular weight excluding hydrogens is 422 g/mol. The number of aliphatic hydroxyl groups is 1. The van der Waals surface area contributed by atoms with Gasteiger partial charge in [-0.3, -0.25) is 4.40 Å². The molecule has 0 bridgehead atoms. The normalized spacial score (nSPS) is 12.3. The standard InChI is InChI=1S/C23H26F2N2O5/c1-22(2,3)32-20(28)19-16(30-6)9-13(10-17(19)31-21(24)25)15-12-26-18-11-14(23(4,5)29)7-8-27(15)18/h7-12,21,29H,1-6H3. The molecule has 0 radical (unpaired) electrons. The van der Waals surface area contributed by atoms with Crippen LogP contribution in [-0.2, 0) is 10.3 Å². The fraction of sp³-hybridized carbons (Fsp3) is 0.391.